The van der Waals surface area contributed by atoms with Gasteiger partial charge in [-0.25, -0.2) is 4.98 Å². The molecule has 0 atom stereocenters. The molecule has 0 radical (unpaired) electrons. The van der Waals surface area contributed by atoms with Gasteiger partial charge in [-0.3, -0.25) is 0 Å². The van der Waals surface area contributed by atoms with Crippen LogP contribution in [-0.2, 0) is 0 Å². The quantitative estimate of drug-likeness (QED) is 0.172. The van der Waals surface area contributed by atoms with E-state index in [9.17, 15) is 0 Å². The molecule has 0 unspecified atom stereocenters. The van der Waals surface area contributed by atoms with E-state index in [4.69, 9.17) is 4.98 Å². The van der Waals surface area contributed by atoms with E-state index in [-0.39, 0.29) is 0 Å². The van der Waals surface area contributed by atoms with Crippen LogP contribution in [0.15, 0.2) is 212 Å². The standard InChI is InChI=1S/C55H35N3/c1-3-16-36(17-4-1)38-34-48(42-27-15-19-37-18-7-8-22-40(37)42)56-49(35-38)43-30-32-52(44-24-10-9-23-41(43)44)58-51-29-14-12-26-47(51)54-53(58)33-31-46-45-25-11-13-28-50(45)57(55(46)54)39-20-5-2-6-21-39/h1-35H. The number of fused-ring (bicyclic) bond motifs is 9. The molecule has 3 heteroatoms. The van der Waals surface area contributed by atoms with Crippen molar-refractivity contribution in [2.75, 3.05) is 0 Å². The zero-order chi connectivity index (χ0) is 38.2. The van der Waals surface area contributed by atoms with Crippen LogP contribution in [0.1, 0.15) is 0 Å². The molecular weight excluding hydrogens is 703 g/mol. The molecule has 9 aromatic carbocycles. The number of para-hydroxylation sites is 3. The summed E-state index contributed by atoms with van der Waals surface area (Å²) < 4.78 is 4.92. The molecule has 12 rings (SSSR count). The molecule has 3 aromatic heterocycles. The lowest BCUT2D eigenvalue weighted by atomic mass is 9.95. The van der Waals surface area contributed by atoms with Gasteiger partial charge in [0, 0.05) is 43.7 Å². The average molecular weight is 738 g/mol. The number of benzene rings is 9. The minimum atomic E-state index is 0.948. The van der Waals surface area contributed by atoms with E-state index < -0.39 is 0 Å². The van der Waals surface area contributed by atoms with Gasteiger partial charge in [-0.2, -0.15) is 0 Å². The molecule has 0 aliphatic rings. The maximum absolute atomic E-state index is 5.48. The first kappa shape index (κ1) is 32.5. The van der Waals surface area contributed by atoms with Gasteiger partial charge in [0.15, 0.2) is 0 Å². The van der Waals surface area contributed by atoms with Gasteiger partial charge in [-0.15, -0.1) is 0 Å². The van der Waals surface area contributed by atoms with Gasteiger partial charge in [-0.05, 0) is 75.8 Å². The molecule has 0 saturated carbocycles. The third kappa shape index (κ3) is 4.90. The van der Waals surface area contributed by atoms with Gasteiger partial charge in [0.25, 0.3) is 0 Å². The van der Waals surface area contributed by atoms with Crippen molar-refractivity contribution in [3.8, 4) is 45.0 Å². The fraction of sp³-hybridized carbons (Fsp3) is 0. The second-order valence-corrected chi connectivity index (χ2v) is 15.1. The van der Waals surface area contributed by atoms with Crippen LogP contribution in [-0.4, -0.2) is 14.1 Å². The number of aromatic nitrogens is 3. The molecule has 0 aliphatic carbocycles. The number of pyridine rings is 1. The normalized spacial score (nSPS) is 11.8. The highest BCUT2D eigenvalue weighted by molar-refractivity contribution is 6.26. The highest BCUT2D eigenvalue weighted by atomic mass is 15.0. The maximum Gasteiger partial charge on any atom is 0.0721 e. The summed E-state index contributed by atoms with van der Waals surface area (Å²) in [7, 11) is 0. The summed E-state index contributed by atoms with van der Waals surface area (Å²) in [5.74, 6) is 0. The van der Waals surface area contributed by atoms with E-state index in [0.29, 0.717) is 0 Å². The molecule has 0 saturated heterocycles. The molecule has 270 valence electrons. The topological polar surface area (TPSA) is 22.8 Å². The molecule has 12 aromatic rings. The molecule has 0 amide bonds. The van der Waals surface area contributed by atoms with E-state index in [1.807, 2.05) is 0 Å². The van der Waals surface area contributed by atoms with Crippen LogP contribution < -0.4 is 0 Å². The molecule has 0 spiro atoms. The number of hydrogen-bond acceptors (Lipinski definition) is 1. The lowest BCUT2D eigenvalue weighted by Gasteiger charge is -2.16. The second-order valence-electron chi connectivity index (χ2n) is 15.1. The third-order valence-corrected chi connectivity index (χ3v) is 11.9. The van der Waals surface area contributed by atoms with Gasteiger partial charge in [0.2, 0.25) is 0 Å². The predicted octanol–water partition coefficient (Wildman–Crippen LogP) is 14.6. The first-order valence-corrected chi connectivity index (χ1v) is 19.9. The Labute approximate surface area is 335 Å². The van der Waals surface area contributed by atoms with E-state index >= 15 is 0 Å². The van der Waals surface area contributed by atoms with Gasteiger partial charge in [-0.1, -0.05) is 164 Å². The lowest BCUT2D eigenvalue weighted by Crippen LogP contribution is -1.98. The first-order valence-electron chi connectivity index (χ1n) is 19.9. The summed E-state index contributed by atoms with van der Waals surface area (Å²) in [5.41, 5.74) is 13.5. The molecule has 58 heavy (non-hydrogen) atoms. The molecule has 0 bridgehead atoms. The van der Waals surface area contributed by atoms with Crippen LogP contribution in [0, 0.1) is 0 Å². The predicted molar refractivity (Wildman–Crippen MR) is 244 cm³/mol. The smallest absolute Gasteiger partial charge is 0.0721 e. The molecule has 0 fully saturated rings. The van der Waals surface area contributed by atoms with Crippen molar-refractivity contribution in [1.82, 2.24) is 14.1 Å². The van der Waals surface area contributed by atoms with Crippen LogP contribution >= 0.6 is 0 Å². The van der Waals surface area contributed by atoms with E-state index in [0.717, 1.165) is 50.4 Å². The summed E-state index contributed by atoms with van der Waals surface area (Å²) in [6, 6.07) is 76.7. The fourth-order valence-electron chi connectivity index (χ4n) is 9.37. The largest absolute Gasteiger partial charge is 0.309 e. The van der Waals surface area contributed by atoms with E-state index in [1.54, 1.807) is 0 Å². The highest BCUT2D eigenvalue weighted by Crippen LogP contribution is 2.44. The molecule has 3 heterocycles. The number of rotatable bonds is 5. The Morgan fingerprint density at radius 2 is 0.914 bits per heavy atom. The maximum atomic E-state index is 5.48. The molecule has 0 aliphatic heterocycles. The van der Waals surface area contributed by atoms with Crippen molar-refractivity contribution in [3.05, 3.63) is 212 Å². The number of nitrogens with zero attached hydrogens (tertiary/aromatic N) is 3. The lowest BCUT2D eigenvalue weighted by molar-refractivity contribution is 1.18. The Morgan fingerprint density at radius 3 is 1.69 bits per heavy atom. The third-order valence-electron chi connectivity index (χ3n) is 11.9. The van der Waals surface area contributed by atoms with Crippen molar-refractivity contribution in [2.45, 2.75) is 0 Å². The van der Waals surface area contributed by atoms with Gasteiger partial charge in [0.05, 0.1) is 39.1 Å². The highest BCUT2D eigenvalue weighted by Gasteiger charge is 2.22. The van der Waals surface area contributed by atoms with Crippen LogP contribution in [0.4, 0.5) is 0 Å². The zero-order valence-corrected chi connectivity index (χ0v) is 31.5. The first-order chi connectivity index (χ1) is 28.8. The van der Waals surface area contributed by atoms with Crippen molar-refractivity contribution in [1.29, 1.82) is 0 Å². The van der Waals surface area contributed by atoms with E-state index in [1.165, 1.54) is 59.8 Å². The molecule has 3 nitrogen and oxygen atoms in total. The van der Waals surface area contributed by atoms with Crippen LogP contribution in [0.2, 0.25) is 0 Å². The molecular formula is C55H35N3. The minimum absolute atomic E-state index is 0.948. The molecule has 0 N–H and O–H groups in total. The Balaban J connectivity index is 1.13. The fourth-order valence-corrected chi connectivity index (χ4v) is 9.37. The minimum Gasteiger partial charge on any atom is -0.309 e. The van der Waals surface area contributed by atoms with Crippen molar-refractivity contribution in [3.63, 3.8) is 0 Å². The van der Waals surface area contributed by atoms with Crippen LogP contribution in [0.3, 0.4) is 0 Å². The van der Waals surface area contributed by atoms with Crippen LogP contribution in [0.25, 0.3) is 110 Å². The summed E-state index contributed by atoms with van der Waals surface area (Å²) in [6.07, 6.45) is 0. The Morgan fingerprint density at radius 1 is 0.328 bits per heavy atom. The Kier molecular flexibility index (Phi) is 7.23. The summed E-state index contributed by atoms with van der Waals surface area (Å²) >= 11 is 0. The van der Waals surface area contributed by atoms with Crippen molar-refractivity contribution < 1.29 is 0 Å². The summed E-state index contributed by atoms with van der Waals surface area (Å²) in [6.45, 7) is 0. The summed E-state index contributed by atoms with van der Waals surface area (Å²) in [4.78, 5) is 5.48. The second kappa shape index (κ2) is 12.9. The van der Waals surface area contributed by atoms with Gasteiger partial charge >= 0.3 is 0 Å². The monoisotopic (exact) mass is 737 g/mol. The van der Waals surface area contributed by atoms with Gasteiger partial charge in [0.1, 0.15) is 0 Å². The Hall–Kier alpha value is -7.75. The number of hydrogen-bond donors (Lipinski definition) is 0. The van der Waals surface area contributed by atoms with E-state index in [2.05, 4.69) is 221 Å². The van der Waals surface area contributed by atoms with Crippen molar-refractivity contribution in [2.24, 2.45) is 0 Å². The van der Waals surface area contributed by atoms with Crippen molar-refractivity contribution >= 4 is 65.2 Å². The van der Waals surface area contributed by atoms with Gasteiger partial charge < -0.3 is 9.13 Å². The Bertz CT molecular complexity index is 3550. The average Bonchev–Trinajstić information content (AvgIpc) is 3.82. The summed E-state index contributed by atoms with van der Waals surface area (Å²) in [5, 5.41) is 9.71. The SMILES string of the molecule is c1ccc(-c2cc(-c3cccc4ccccc34)nc(-c3ccc(-n4c5ccccc5c5c4ccc4c6ccccc6n(-c6ccccc6)c45)c4ccccc34)c2)cc1. The zero-order valence-electron chi connectivity index (χ0n) is 31.5. The van der Waals surface area contributed by atoms with Crippen LogP contribution in [0.5, 0.6) is 0 Å².